The van der Waals surface area contributed by atoms with Crippen molar-refractivity contribution in [3.63, 3.8) is 0 Å². The molecule has 90 valence electrons. The molecule has 0 aromatic heterocycles. The summed E-state index contributed by atoms with van der Waals surface area (Å²) in [4.78, 5) is 0. The molecule has 0 aliphatic rings. The lowest BCUT2D eigenvalue weighted by molar-refractivity contribution is 1.44. The van der Waals surface area contributed by atoms with Crippen LogP contribution in [0, 0.1) is 18.3 Å². The molecule has 2 aromatic rings. The van der Waals surface area contributed by atoms with E-state index in [1.807, 2.05) is 19.1 Å². The Hall–Kier alpha value is -1.69. The maximum atomic E-state index is 8.84. The highest BCUT2D eigenvalue weighted by Crippen LogP contribution is 2.31. The highest BCUT2D eigenvalue weighted by Gasteiger charge is 2.05. The van der Waals surface area contributed by atoms with E-state index < -0.39 is 0 Å². The van der Waals surface area contributed by atoms with Crippen molar-refractivity contribution in [2.75, 3.05) is 5.32 Å². The minimum atomic E-state index is 0.592. The van der Waals surface area contributed by atoms with Crippen molar-refractivity contribution >= 4 is 34.6 Å². The van der Waals surface area contributed by atoms with Gasteiger partial charge in [-0.25, -0.2) is 0 Å². The second kappa shape index (κ2) is 5.30. The molecular formula is C14H10Cl2N2. The van der Waals surface area contributed by atoms with Crippen molar-refractivity contribution in [2.24, 2.45) is 0 Å². The van der Waals surface area contributed by atoms with E-state index in [0.717, 1.165) is 16.9 Å². The summed E-state index contributed by atoms with van der Waals surface area (Å²) in [6.45, 7) is 1.90. The highest BCUT2D eigenvalue weighted by molar-refractivity contribution is 6.35. The van der Waals surface area contributed by atoms with E-state index in [1.54, 1.807) is 24.3 Å². The second-order valence-corrected chi connectivity index (χ2v) is 4.71. The maximum Gasteiger partial charge on any atom is 0.0992 e. The van der Waals surface area contributed by atoms with E-state index in [-0.39, 0.29) is 0 Å². The topological polar surface area (TPSA) is 35.8 Å². The first-order valence-electron chi connectivity index (χ1n) is 5.33. The number of aryl methyl sites for hydroxylation is 1. The van der Waals surface area contributed by atoms with Crippen LogP contribution >= 0.6 is 23.2 Å². The molecule has 0 radical (unpaired) electrons. The van der Waals surface area contributed by atoms with E-state index in [2.05, 4.69) is 11.4 Å². The lowest BCUT2D eigenvalue weighted by Crippen LogP contribution is -1.92. The van der Waals surface area contributed by atoms with Crippen LogP contribution in [0.2, 0.25) is 10.0 Å². The van der Waals surface area contributed by atoms with Crippen LogP contribution in [0.3, 0.4) is 0 Å². The third-order valence-electron chi connectivity index (χ3n) is 2.52. The minimum Gasteiger partial charge on any atom is -0.354 e. The summed E-state index contributed by atoms with van der Waals surface area (Å²) in [5, 5.41) is 13.2. The summed E-state index contributed by atoms with van der Waals surface area (Å²) in [5.41, 5.74) is 3.05. The monoisotopic (exact) mass is 276 g/mol. The second-order valence-electron chi connectivity index (χ2n) is 3.90. The summed E-state index contributed by atoms with van der Waals surface area (Å²) >= 11 is 12.2. The fourth-order valence-electron chi connectivity index (χ4n) is 1.56. The van der Waals surface area contributed by atoms with Crippen LogP contribution in [0.1, 0.15) is 11.1 Å². The summed E-state index contributed by atoms with van der Waals surface area (Å²) in [7, 11) is 0. The van der Waals surface area contributed by atoms with Crippen LogP contribution < -0.4 is 5.32 Å². The average molecular weight is 277 g/mol. The molecule has 2 nitrogen and oxygen atoms in total. The highest BCUT2D eigenvalue weighted by atomic mass is 35.5. The van der Waals surface area contributed by atoms with E-state index >= 15 is 0 Å². The zero-order chi connectivity index (χ0) is 13.1. The van der Waals surface area contributed by atoms with Gasteiger partial charge in [0.05, 0.1) is 22.3 Å². The van der Waals surface area contributed by atoms with E-state index in [1.165, 1.54) is 0 Å². The van der Waals surface area contributed by atoms with E-state index in [9.17, 15) is 0 Å². The van der Waals surface area contributed by atoms with Gasteiger partial charge in [0.2, 0.25) is 0 Å². The van der Waals surface area contributed by atoms with Crippen molar-refractivity contribution in [1.82, 2.24) is 0 Å². The van der Waals surface area contributed by atoms with Crippen LogP contribution in [-0.2, 0) is 0 Å². The first-order chi connectivity index (χ1) is 8.60. The van der Waals surface area contributed by atoms with Crippen LogP contribution in [0.15, 0.2) is 36.4 Å². The number of hydrogen-bond acceptors (Lipinski definition) is 2. The summed E-state index contributed by atoms with van der Waals surface area (Å²) in [6.07, 6.45) is 0. The summed E-state index contributed by atoms with van der Waals surface area (Å²) in [6, 6.07) is 12.8. The van der Waals surface area contributed by atoms with Crippen molar-refractivity contribution < 1.29 is 0 Å². The van der Waals surface area contributed by atoms with Crippen LogP contribution in [0.25, 0.3) is 0 Å². The Morgan fingerprint density at radius 1 is 1.11 bits per heavy atom. The van der Waals surface area contributed by atoms with Crippen LogP contribution in [0.5, 0.6) is 0 Å². The molecule has 18 heavy (non-hydrogen) atoms. The number of nitrogens with zero attached hydrogens (tertiary/aromatic N) is 1. The van der Waals surface area contributed by atoms with E-state index in [4.69, 9.17) is 28.5 Å². The Morgan fingerprint density at radius 3 is 2.61 bits per heavy atom. The van der Waals surface area contributed by atoms with Gasteiger partial charge in [-0.05, 0) is 42.8 Å². The molecule has 2 aromatic carbocycles. The fraction of sp³-hybridized carbons (Fsp3) is 0.0714. The molecule has 0 aliphatic heterocycles. The molecule has 0 saturated carbocycles. The standard InChI is InChI=1S/C14H10Cl2N2/c1-9-5-13(16)14(7-12(9)15)18-11-4-2-3-10(6-11)8-17/h2-7,18H,1H3. The van der Waals surface area contributed by atoms with Gasteiger partial charge in [0.15, 0.2) is 0 Å². The van der Waals surface area contributed by atoms with Crippen molar-refractivity contribution in [3.8, 4) is 6.07 Å². The lowest BCUT2D eigenvalue weighted by atomic mass is 10.2. The van der Waals surface area contributed by atoms with Crippen molar-refractivity contribution in [1.29, 1.82) is 5.26 Å². The molecule has 0 bridgehead atoms. The Balaban J connectivity index is 2.34. The molecule has 0 saturated heterocycles. The first kappa shape index (κ1) is 12.8. The van der Waals surface area contributed by atoms with Crippen LogP contribution in [0.4, 0.5) is 11.4 Å². The summed E-state index contributed by atoms with van der Waals surface area (Å²) in [5.74, 6) is 0. The number of anilines is 2. The molecular weight excluding hydrogens is 267 g/mol. The number of nitrogens with one attached hydrogen (secondary N) is 1. The number of hydrogen-bond donors (Lipinski definition) is 1. The van der Waals surface area contributed by atoms with Gasteiger partial charge in [-0.15, -0.1) is 0 Å². The number of nitriles is 1. The Morgan fingerprint density at radius 2 is 1.89 bits per heavy atom. The lowest BCUT2D eigenvalue weighted by Gasteiger charge is -2.10. The average Bonchev–Trinajstić information content (AvgIpc) is 2.36. The predicted octanol–water partition coefficient (Wildman–Crippen LogP) is 4.92. The van der Waals surface area contributed by atoms with Gasteiger partial charge >= 0.3 is 0 Å². The van der Waals surface area contributed by atoms with Gasteiger partial charge in [0, 0.05) is 10.7 Å². The van der Waals surface area contributed by atoms with Gasteiger partial charge in [-0.3, -0.25) is 0 Å². The van der Waals surface area contributed by atoms with Gasteiger partial charge in [0.1, 0.15) is 0 Å². The Labute approximate surface area is 116 Å². The van der Waals surface area contributed by atoms with Gasteiger partial charge in [-0.1, -0.05) is 29.3 Å². The minimum absolute atomic E-state index is 0.592. The molecule has 0 spiro atoms. The van der Waals surface area contributed by atoms with Gasteiger partial charge < -0.3 is 5.32 Å². The smallest absolute Gasteiger partial charge is 0.0992 e. The number of rotatable bonds is 2. The third kappa shape index (κ3) is 2.76. The summed E-state index contributed by atoms with van der Waals surface area (Å²) < 4.78 is 0. The zero-order valence-corrected chi connectivity index (χ0v) is 11.2. The van der Waals surface area contributed by atoms with Gasteiger partial charge in [-0.2, -0.15) is 5.26 Å². The molecule has 1 N–H and O–H groups in total. The number of benzene rings is 2. The molecule has 0 aliphatic carbocycles. The third-order valence-corrected chi connectivity index (χ3v) is 3.24. The number of halogens is 2. The molecule has 0 heterocycles. The molecule has 0 atom stereocenters. The zero-order valence-electron chi connectivity index (χ0n) is 9.67. The maximum absolute atomic E-state index is 8.84. The Bertz CT molecular complexity index is 630. The normalized spacial score (nSPS) is 9.89. The van der Waals surface area contributed by atoms with Crippen molar-refractivity contribution in [2.45, 2.75) is 6.92 Å². The SMILES string of the molecule is Cc1cc(Cl)c(Nc2cccc(C#N)c2)cc1Cl. The predicted molar refractivity (Wildman–Crippen MR) is 75.6 cm³/mol. The molecule has 4 heteroatoms. The van der Waals surface area contributed by atoms with Crippen LogP contribution in [-0.4, -0.2) is 0 Å². The quantitative estimate of drug-likeness (QED) is 0.845. The fourth-order valence-corrected chi connectivity index (χ4v) is 1.99. The molecule has 2 rings (SSSR count). The van der Waals surface area contributed by atoms with Crippen molar-refractivity contribution in [3.05, 3.63) is 57.6 Å². The van der Waals surface area contributed by atoms with E-state index in [0.29, 0.717) is 15.6 Å². The van der Waals surface area contributed by atoms with Gasteiger partial charge in [0.25, 0.3) is 0 Å². The largest absolute Gasteiger partial charge is 0.354 e. The first-order valence-corrected chi connectivity index (χ1v) is 6.08. The Kier molecular flexibility index (Phi) is 3.76. The molecule has 0 unspecified atom stereocenters. The molecule has 0 fully saturated rings. The molecule has 0 amide bonds.